The van der Waals surface area contributed by atoms with Crippen LogP contribution in [0.1, 0.15) is 23.7 Å². The Morgan fingerprint density at radius 2 is 2.14 bits per heavy atom. The third-order valence-electron chi connectivity index (χ3n) is 3.73. The van der Waals surface area contributed by atoms with E-state index in [1.54, 1.807) is 30.1 Å². The van der Waals surface area contributed by atoms with Crippen LogP contribution in [0.15, 0.2) is 24.3 Å². The molecule has 21 heavy (non-hydrogen) atoms. The number of urea groups is 1. The molecule has 1 atom stereocenters. The molecule has 0 bridgehead atoms. The van der Waals surface area contributed by atoms with E-state index >= 15 is 0 Å². The highest BCUT2D eigenvalue weighted by Crippen LogP contribution is 2.22. The second kappa shape index (κ2) is 6.58. The van der Waals surface area contributed by atoms with Crippen LogP contribution in [0.25, 0.3) is 0 Å². The number of morpholine rings is 1. The Morgan fingerprint density at radius 1 is 1.43 bits per heavy atom. The molecule has 1 heterocycles. The van der Waals surface area contributed by atoms with E-state index in [1.807, 2.05) is 6.92 Å². The Morgan fingerprint density at radius 3 is 2.81 bits per heavy atom. The van der Waals surface area contributed by atoms with Crippen molar-refractivity contribution in [3.05, 3.63) is 29.8 Å². The number of carboxylic acids is 1. The van der Waals surface area contributed by atoms with E-state index in [4.69, 9.17) is 4.74 Å². The zero-order valence-corrected chi connectivity index (χ0v) is 12.3. The van der Waals surface area contributed by atoms with Crippen molar-refractivity contribution in [2.75, 3.05) is 31.7 Å². The van der Waals surface area contributed by atoms with Gasteiger partial charge in [-0.3, -0.25) is 4.90 Å². The number of hydrogen-bond acceptors (Lipinski definition) is 3. The first-order chi connectivity index (χ1) is 10.1. The highest BCUT2D eigenvalue weighted by Gasteiger charge is 2.29. The number of carboxylic acid groups (broad SMARTS) is 1. The van der Waals surface area contributed by atoms with Crippen molar-refractivity contribution in [3.8, 4) is 0 Å². The molecule has 0 saturated carbocycles. The first-order valence-electron chi connectivity index (χ1n) is 7.00. The van der Waals surface area contributed by atoms with Crippen LogP contribution in [0.3, 0.4) is 0 Å². The molecule has 0 radical (unpaired) electrons. The summed E-state index contributed by atoms with van der Waals surface area (Å²) in [6.45, 7) is 3.56. The van der Waals surface area contributed by atoms with Crippen LogP contribution >= 0.6 is 0 Å². The molecule has 1 aromatic carbocycles. The minimum absolute atomic E-state index is 0.0330. The predicted octanol–water partition coefficient (Wildman–Crippen LogP) is 2.05. The smallest absolute Gasteiger partial charge is 0.337 e. The number of ether oxygens (including phenoxy) is 1. The van der Waals surface area contributed by atoms with E-state index in [0.29, 0.717) is 25.4 Å². The molecule has 2 amide bonds. The Balaban J connectivity index is 2.25. The third-order valence-corrected chi connectivity index (χ3v) is 3.73. The van der Waals surface area contributed by atoms with Crippen LogP contribution in [-0.4, -0.2) is 54.9 Å². The molecule has 1 aromatic rings. The number of rotatable bonds is 3. The minimum Gasteiger partial charge on any atom is -0.478 e. The van der Waals surface area contributed by atoms with Gasteiger partial charge in [0.2, 0.25) is 0 Å². The van der Waals surface area contributed by atoms with Crippen molar-refractivity contribution < 1.29 is 19.4 Å². The van der Waals surface area contributed by atoms with Crippen molar-refractivity contribution >= 4 is 17.7 Å². The molecule has 1 N–H and O–H groups in total. The summed E-state index contributed by atoms with van der Waals surface area (Å²) in [6, 6.07) is 6.35. The van der Waals surface area contributed by atoms with Gasteiger partial charge in [-0.25, -0.2) is 9.59 Å². The van der Waals surface area contributed by atoms with E-state index in [1.165, 1.54) is 11.0 Å². The van der Waals surface area contributed by atoms with Crippen LogP contribution < -0.4 is 4.90 Å². The second-order valence-corrected chi connectivity index (χ2v) is 4.99. The van der Waals surface area contributed by atoms with Crippen molar-refractivity contribution in [3.63, 3.8) is 0 Å². The van der Waals surface area contributed by atoms with Crippen LogP contribution in [-0.2, 0) is 4.74 Å². The molecular weight excluding hydrogens is 272 g/mol. The fourth-order valence-electron chi connectivity index (χ4n) is 2.49. The molecule has 1 fully saturated rings. The van der Waals surface area contributed by atoms with Gasteiger partial charge in [-0.05, 0) is 18.6 Å². The number of aromatic carboxylic acids is 1. The van der Waals surface area contributed by atoms with Gasteiger partial charge in [-0.1, -0.05) is 19.1 Å². The summed E-state index contributed by atoms with van der Waals surface area (Å²) in [6.07, 6.45) is 0.806. The first-order valence-corrected chi connectivity index (χ1v) is 7.00. The van der Waals surface area contributed by atoms with Crippen molar-refractivity contribution in [2.24, 2.45) is 0 Å². The number of benzene rings is 1. The Hall–Kier alpha value is -2.08. The van der Waals surface area contributed by atoms with Gasteiger partial charge in [0.1, 0.15) is 0 Å². The summed E-state index contributed by atoms with van der Waals surface area (Å²) < 4.78 is 5.39. The van der Waals surface area contributed by atoms with Crippen LogP contribution in [0.4, 0.5) is 10.5 Å². The van der Waals surface area contributed by atoms with E-state index in [2.05, 4.69) is 0 Å². The number of hydrogen-bond donors (Lipinski definition) is 1. The Labute approximate surface area is 123 Å². The molecule has 0 aliphatic carbocycles. The normalized spacial score (nSPS) is 18.4. The highest BCUT2D eigenvalue weighted by molar-refractivity contribution is 6.01. The molecule has 1 aliphatic heterocycles. The zero-order chi connectivity index (χ0) is 15.4. The molecule has 6 heteroatoms. The Kier molecular flexibility index (Phi) is 4.80. The quantitative estimate of drug-likeness (QED) is 0.925. The van der Waals surface area contributed by atoms with E-state index in [9.17, 15) is 14.7 Å². The van der Waals surface area contributed by atoms with E-state index < -0.39 is 5.97 Å². The van der Waals surface area contributed by atoms with Crippen LogP contribution in [0, 0.1) is 0 Å². The number of carbonyl (C=O) groups is 2. The molecule has 1 aliphatic rings. The average Bonchev–Trinajstić information content (AvgIpc) is 2.53. The van der Waals surface area contributed by atoms with Gasteiger partial charge in [-0.2, -0.15) is 0 Å². The summed E-state index contributed by atoms with van der Waals surface area (Å²) in [5.74, 6) is -1.04. The molecule has 6 nitrogen and oxygen atoms in total. The maximum atomic E-state index is 12.6. The maximum Gasteiger partial charge on any atom is 0.337 e. The van der Waals surface area contributed by atoms with Gasteiger partial charge in [0.05, 0.1) is 30.5 Å². The fraction of sp³-hybridized carbons (Fsp3) is 0.467. The summed E-state index contributed by atoms with van der Waals surface area (Å²) in [5.41, 5.74) is 0.519. The molecule has 0 spiro atoms. The molecule has 0 aromatic heterocycles. The fourth-order valence-corrected chi connectivity index (χ4v) is 2.49. The third kappa shape index (κ3) is 3.16. The number of nitrogens with zero attached hydrogens (tertiary/aromatic N) is 2. The molecule has 114 valence electrons. The summed E-state index contributed by atoms with van der Waals surface area (Å²) in [4.78, 5) is 27.1. The zero-order valence-electron chi connectivity index (χ0n) is 12.3. The topological polar surface area (TPSA) is 70.1 Å². The van der Waals surface area contributed by atoms with Gasteiger partial charge >= 0.3 is 12.0 Å². The highest BCUT2D eigenvalue weighted by atomic mass is 16.5. The SMILES string of the molecule is CCC1COCCN1C(=O)N(C)c1ccccc1C(=O)O. The van der Waals surface area contributed by atoms with Crippen molar-refractivity contribution in [1.29, 1.82) is 0 Å². The lowest BCUT2D eigenvalue weighted by atomic mass is 10.1. The molecule has 1 unspecified atom stereocenters. The maximum absolute atomic E-state index is 12.6. The minimum atomic E-state index is -1.04. The summed E-state index contributed by atoms with van der Waals surface area (Å²) in [7, 11) is 1.60. The van der Waals surface area contributed by atoms with E-state index in [-0.39, 0.29) is 17.6 Å². The Bertz CT molecular complexity index is 532. The molecular formula is C15H20N2O4. The van der Waals surface area contributed by atoms with Crippen molar-refractivity contribution in [1.82, 2.24) is 4.90 Å². The molecule has 2 rings (SSSR count). The van der Waals surface area contributed by atoms with Gasteiger partial charge in [-0.15, -0.1) is 0 Å². The van der Waals surface area contributed by atoms with Gasteiger partial charge < -0.3 is 14.7 Å². The first kappa shape index (κ1) is 15.3. The lowest BCUT2D eigenvalue weighted by Crippen LogP contribution is -2.53. The van der Waals surface area contributed by atoms with Gasteiger partial charge in [0, 0.05) is 13.6 Å². The number of amides is 2. The average molecular weight is 292 g/mol. The number of carbonyl (C=O) groups excluding carboxylic acids is 1. The number of para-hydroxylation sites is 1. The lowest BCUT2D eigenvalue weighted by Gasteiger charge is -2.37. The monoisotopic (exact) mass is 292 g/mol. The summed E-state index contributed by atoms with van der Waals surface area (Å²) in [5, 5.41) is 9.23. The van der Waals surface area contributed by atoms with Crippen LogP contribution in [0.2, 0.25) is 0 Å². The second-order valence-electron chi connectivity index (χ2n) is 4.99. The molecule has 1 saturated heterocycles. The standard InChI is InChI=1S/C15H20N2O4/c1-3-11-10-21-9-8-17(11)15(20)16(2)13-7-5-4-6-12(13)14(18)19/h4-7,11H,3,8-10H2,1-2H3,(H,18,19). The van der Waals surface area contributed by atoms with Crippen LogP contribution in [0.5, 0.6) is 0 Å². The van der Waals surface area contributed by atoms with Crippen molar-refractivity contribution in [2.45, 2.75) is 19.4 Å². The van der Waals surface area contributed by atoms with E-state index in [0.717, 1.165) is 6.42 Å². The predicted molar refractivity (Wildman–Crippen MR) is 78.8 cm³/mol. The summed E-state index contributed by atoms with van der Waals surface area (Å²) >= 11 is 0. The van der Waals surface area contributed by atoms with Gasteiger partial charge in [0.25, 0.3) is 0 Å². The number of anilines is 1. The lowest BCUT2D eigenvalue weighted by molar-refractivity contribution is 0.0131. The largest absolute Gasteiger partial charge is 0.478 e. The van der Waals surface area contributed by atoms with Gasteiger partial charge in [0.15, 0.2) is 0 Å².